The summed E-state index contributed by atoms with van der Waals surface area (Å²) in [4.78, 5) is 14.1. The van der Waals surface area contributed by atoms with Gasteiger partial charge in [0.25, 0.3) is 0 Å². The topological polar surface area (TPSA) is 55.6 Å². The summed E-state index contributed by atoms with van der Waals surface area (Å²) in [7, 11) is 0. The molecule has 5 aliphatic rings. The second-order valence-corrected chi connectivity index (χ2v) is 8.12. The molecular formula is C16H26N2O2. The third-order valence-corrected chi connectivity index (χ3v) is 6.21. The molecule has 5 rings (SSSR count). The maximum atomic E-state index is 12.3. The molecule has 2 N–H and O–H groups in total. The number of amides is 1. The fourth-order valence-corrected chi connectivity index (χ4v) is 5.72. The average molecular weight is 278 g/mol. The van der Waals surface area contributed by atoms with Crippen molar-refractivity contribution in [3.8, 4) is 0 Å². The summed E-state index contributed by atoms with van der Waals surface area (Å²) in [6.07, 6.45) is 7.47. The summed E-state index contributed by atoms with van der Waals surface area (Å²) in [6.45, 7) is 3.87. The Hall–Kier alpha value is -0.770. The summed E-state index contributed by atoms with van der Waals surface area (Å²) >= 11 is 0. The molecule has 0 spiro atoms. The van der Waals surface area contributed by atoms with Crippen LogP contribution >= 0.6 is 0 Å². The molecule has 20 heavy (non-hydrogen) atoms. The van der Waals surface area contributed by atoms with E-state index in [-0.39, 0.29) is 18.2 Å². The number of hydrogen-bond acceptors (Lipinski definition) is 3. The number of nitrogens with two attached hydrogens (primary N) is 1. The standard InChI is InChI=1S/C16H26N2O2/c1-16-6-10-4-11(7-16)14(12(5-10)8-16)20-15(19)18-3-2-13(17)9-18/h10-14H,2-9,17H2,1H3/t10?,11?,12?,13-,14-,16+/m1/s1. The molecule has 1 amide bonds. The Labute approximate surface area is 121 Å². The predicted octanol–water partition coefficient (Wildman–Crippen LogP) is 2.37. The molecule has 4 aliphatic carbocycles. The molecule has 4 bridgehead atoms. The lowest BCUT2D eigenvalue weighted by molar-refractivity contribution is -0.133. The molecular weight excluding hydrogens is 252 g/mol. The molecule has 112 valence electrons. The van der Waals surface area contributed by atoms with E-state index in [0.29, 0.717) is 23.8 Å². The van der Waals surface area contributed by atoms with Crippen LogP contribution in [0.2, 0.25) is 0 Å². The van der Waals surface area contributed by atoms with E-state index in [1.165, 1.54) is 32.1 Å². The van der Waals surface area contributed by atoms with Crippen molar-refractivity contribution in [1.82, 2.24) is 4.90 Å². The molecule has 0 aromatic heterocycles. The smallest absolute Gasteiger partial charge is 0.410 e. The van der Waals surface area contributed by atoms with Crippen LogP contribution in [0.25, 0.3) is 0 Å². The largest absolute Gasteiger partial charge is 0.446 e. The fourth-order valence-electron chi connectivity index (χ4n) is 5.72. The van der Waals surface area contributed by atoms with Crippen molar-refractivity contribution in [1.29, 1.82) is 0 Å². The third kappa shape index (κ3) is 2.03. The first-order valence-corrected chi connectivity index (χ1v) is 8.23. The van der Waals surface area contributed by atoms with Gasteiger partial charge in [0.1, 0.15) is 6.10 Å². The Morgan fingerprint density at radius 2 is 1.95 bits per heavy atom. The molecule has 1 aliphatic heterocycles. The van der Waals surface area contributed by atoms with Gasteiger partial charge < -0.3 is 15.4 Å². The average Bonchev–Trinajstić information content (AvgIpc) is 2.78. The van der Waals surface area contributed by atoms with Crippen LogP contribution in [0.3, 0.4) is 0 Å². The number of carbonyl (C=O) groups is 1. The summed E-state index contributed by atoms with van der Waals surface area (Å²) in [5.74, 6) is 2.13. The summed E-state index contributed by atoms with van der Waals surface area (Å²) in [5, 5.41) is 0. The normalized spacial score (nSPS) is 49.7. The highest BCUT2D eigenvalue weighted by molar-refractivity contribution is 5.68. The van der Waals surface area contributed by atoms with E-state index in [9.17, 15) is 4.79 Å². The van der Waals surface area contributed by atoms with Crippen LogP contribution in [0.15, 0.2) is 0 Å². The molecule has 1 saturated heterocycles. The van der Waals surface area contributed by atoms with Crippen LogP contribution in [-0.2, 0) is 4.74 Å². The first-order valence-electron chi connectivity index (χ1n) is 8.23. The van der Waals surface area contributed by atoms with Crippen molar-refractivity contribution in [3.63, 3.8) is 0 Å². The number of likely N-dealkylation sites (tertiary alicyclic amines) is 1. The van der Waals surface area contributed by atoms with Gasteiger partial charge in [-0.3, -0.25) is 0 Å². The van der Waals surface area contributed by atoms with Crippen LogP contribution in [-0.4, -0.2) is 36.2 Å². The van der Waals surface area contributed by atoms with E-state index in [4.69, 9.17) is 10.5 Å². The molecule has 0 radical (unpaired) electrons. The van der Waals surface area contributed by atoms with Crippen LogP contribution in [0.4, 0.5) is 4.79 Å². The zero-order valence-electron chi connectivity index (χ0n) is 12.4. The molecule has 2 unspecified atom stereocenters. The molecule has 0 aromatic carbocycles. The summed E-state index contributed by atoms with van der Waals surface area (Å²) in [6, 6.07) is 0.139. The molecule has 0 aromatic rings. The number of nitrogens with zero attached hydrogens (tertiary/aromatic N) is 1. The van der Waals surface area contributed by atoms with Crippen LogP contribution < -0.4 is 5.73 Å². The maximum Gasteiger partial charge on any atom is 0.410 e. The summed E-state index contributed by atoms with van der Waals surface area (Å²) < 4.78 is 5.94. The number of carbonyl (C=O) groups excluding carboxylic acids is 1. The van der Waals surface area contributed by atoms with E-state index < -0.39 is 0 Å². The van der Waals surface area contributed by atoms with Crippen LogP contribution in [0, 0.1) is 23.2 Å². The highest BCUT2D eigenvalue weighted by atomic mass is 16.6. The van der Waals surface area contributed by atoms with E-state index in [1.807, 2.05) is 0 Å². The van der Waals surface area contributed by atoms with Crippen molar-refractivity contribution < 1.29 is 9.53 Å². The van der Waals surface area contributed by atoms with Crippen molar-refractivity contribution in [3.05, 3.63) is 0 Å². The van der Waals surface area contributed by atoms with Gasteiger partial charge in [0.05, 0.1) is 0 Å². The highest BCUT2D eigenvalue weighted by Gasteiger charge is 2.54. The van der Waals surface area contributed by atoms with Gasteiger partial charge in [-0.25, -0.2) is 4.79 Å². The lowest BCUT2D eigenvalue weighted by Crippen LogP contribution is -2.54. The van der Waals surface area contributed by atoms with Gasteiger partial charge in [-0.1, -0.05) is 6.92 Å². The van der Waals surface area contributed by atoms with Crippen LogP contribution in [0.1, 0.15) is 45.4 Å². The van der Waals surface area contributed by atoms with Crippen molar-refractivity contribution in [2.75, 3.05) is 13.1 Å². The highest BCUT2D eigenvalue weighted by Crippen LogP contribution is 2.60. The van der Waals surface area contributed by atoms with Gasteiger partial charge in [-0.05, 0) is 61.7 Å². The fraction of sp³-hybridized carbons (Fsp3) is 0.938. The minimum absolute atomic E-state index is 0.111. The van der Waals surface area contributed by atoms with Gasteiger partial charge in [0, 0.05) is 19.1 Å². The Morgan fingerprint density at radius 1 is 1.25 bits per heavy atom. The number of rotatable bonds is 1. The van der Waals surface area contributed by atoms with Crippen LogP contribution in [0.5, 0.6) is 0 Å². The zero-order chi connectivity index (χ0) is 13.9. The van der Waals surface area contributed by atoms with Crippen molar-refractivity contribution >= 4 is 6.09 Å². The lowest BCUT2D eigenvalue weighted by atomic mass is 9.49. The first-order chi connectivity index (χ1) is 9.52. The molecule has 4 saturated carbocycles. The quantitative estimate of drug-likeness (QED) is 0.801. The van der Waals surface area contributed by atoms with E-state index >= 15 is 0 Å². The van der Waals surface area contributed by atoms with Gasteiger partial charge in [-0.2, -0.15) is 0 Å². The molecule has 5 fully saturated rings. The number of hydrogen-bond donors (Lipinski definition) is 1. The molecule has 3 atom stereocenters. The number of ether oxygens (including phenoxy) is 1. The van der Waals surface area contributed by atoms with Gasteiger partial charge in [-0.15, -0.1) is 0 Å². The Bertz CT molecular complexity index is 409. The monoisotopic (exact) mass is 278 g/mol. The Balaban J connectivity index is 1.44. The van der Waals surface area contributed by atoms with Crippen molar-refractivity contribution in [2.24, 2.45) is 28.9 Å². The first kappa shape index (κ1) is 12.9. The molecule has 1 heterocycles. The van der Waals surface area contributed by atoms with E-state index in [0.717, 1.165) is 18.9 Å². The van der Waals surface area contributed by atoms with E-state index in [2.05, 4.69) is 6.92 Å². The third-order valence-electron chi connectivity index (χ3n) is 6.21. The second kappa shape index (κ2) is 4.36. The minimum atomic E-state index is -0.111. The summed E-state index contributed by atoms with van der Waals surface area (Å²) in [5.41, 5.74) is 6.42. The predicted molar refractivity (Wildman–Crippen MR) is 76.1 cm³/mol. The lowest BCUT2D eigenvalue weighted by Gasteiger charge is -2.58. The van der Waals surface area contributed by atoms with Gasteiger partial charge in [0.15, 0.2) is 0 Å². The van der Waals surface area contributed by atoms with Crippen molar-refractivity contribution in [2.45, 2.75) is 57.6 Å². The molecule has 4 nitrogen and oxygen atoms in total. The SMILES string of the molecule is C[C@]12CC3CC(C1)[C@@H](OC(=O)N1CC[C@@H](N)C1)C(C3)C2. The minimum Gasteiger partial charge on any atom is -0.446 e. The zero-order valence-corrected chi connectivity index (χ0v) is 12.4. The van der Waals surface area contributed by atoms with E-state index in [1.54, 1.807) is 4.90 Å². The van der Waals surface area contributed by atoms with Gasteiger partial charge in [0.2, 0.25) is 0 Å². The Morgan fingerprint density at radius 3 is 2.50 bits per heavy atom. The Kier molecular flexibility index (Phi) is 2.82. The van der Waals surface area contributed by atoms with Gasteiger partial charge >= 0.3 is 6.09 Å². The second-order valence-electron chi connectivity index (χ2n) is 8.12. The molecule has 4 heteroatoms. The maximum absolute atomic E-state index is 12.3.